The van der Waals surface area contributed by atoms with Crippen LogP contribution in [0.3, 0.4) is 0 Å². The Morgan fingerprint density at radius 1 is 1.41 bits per heavy atom. The summed E-state index contributed by atoms with van der Waals surface area (Å²) < 4.78 is 54.7. The first kappa shape index (κ1) is 21.3. The van der Waals surface area contributed by atoms with Gasteiger partial charge in [-0.1, -0.05) is 24.6 Å². The molecule has 2 N–H and O–H groups in total. The SMILES string of the molecule is CCC(Cc1ccc(Nc2ncc(C(F)(F)F)c(Cl)n2)c(OC)c1)[P+](=O)O. The maximum absolute atomic E-state index is 12.7. The monoisotopic (exact) mass is 422 g/mol. The number of benzene rings is 1. The van der Waals surface area contributed by atoms with Crippen molar-refractivity contribution >= 4 is 31.3 Å². The van der Waals surface area contributed by atoms with E-state index in [4.69, 9.17) is 16.3 Å². The standard InChI is InChI=1S/C16H16ClF3N3O3P/c1-3-10(27(24)25)6-9-4-5-12(13(7-9)26-2)22-15-21-8-11(14(17)23-15)16(18,19)20/h4-5,7-8,10H,3,6H2,1-2H3,(H-,21,22,23,24,25)/p+1. The number of nitrogens with zero attached hydrogens (tertiary/aromatic N) is 2. The van der Waals surface area contributed by atoms with E-state index in [1.165, 1.54) is 7.11 Å². The van der Waals surface area contributed by atoms with Gasteiger partial charge in [0.15, 0.2) is 5.66 Å². The van der Waals surface area contributed by atoms with Crippen LogP contribution in [0.15, 0.2) is 24.4 Å². The van der Waals surface area contributed by atoms with Crippen molar-refractivity contribution in [2.75, 3.05) is 12.4 Å². The third-order valence-corrected chi connectivity index (χ3v) is 5.28. The minimum atomic E-state index is -4.64. The zero-order valence-electron chi connectivity index (χ0n) is 14.4. The van der Waals surface area contributed by atoms with Crippen molar-refractivity contribution in [2.24, 2.45) is 0 Å². The number of aromatic nitrogens is 2. The first-order chi connectivity index (χ1) is 12.7. The van der Waals surface area contributed by atoms with Crippen molar-refractivity contribution in [2.45, 2.75) is 31.6 Å². The number of rotatable bonds is 7. The van der Waals surface area contributed by atoms with E-state index in [2.05, 4.69) is 15.3 Å². The van der Waals surface area contributed by atoms with Gasteiger partial charge in [0.1, 0.15) is 16.5 Å². The predicted octanol–water partition coefficient (Wildman–Crippen LogP) is 4.96. The minimum absolute atomic E-state index is 0.121. The number of methoxy groups -OCH3 is 1. The highest BCUT2D eigenvalue weighted by Gasteiger charge is 2.34. The van der Waals surface area contributed by atoms with Gasteiger partial charge in [0, 0.05) is 12.6 Å². The van der Waals surface area contributed by atoms with Crippen LogP contribution in [0.5, 0.6) is 5.75 Å². The normalized spacial score (nSPS) is 13.2. The summed E-state index contributed by atoms with van der Waals surface area (Å²) >= 11 is 5.59. The van der Waals surface area contributed by atoms with Gasteiger partial charge < -0.3 is 10.1 Å². The summed E-state index contributed by atoms with van der Waals surface area (Å²) in [5, 5.41) is 2.04. The van der Waals surface area contributed by atoms with Crippen molar-refractivity contribution in [3.63, 3.8) is 0 Å². The van der Waals surface area contributed by atoms with Crippen molar-refractivity contribution in [3.8, 4) is 5.75 Å². The smallest absolute Gasteiger partial charge is 0.495 e. The largest absolute Gasteiger partial charge is 0.508 e. The number of ether oxygens (including phenoxy) is 1. The molecule has 1 aromatic heterocycles. The molecule has 0 radical (unpaired) electrons. The summed E-state index contributed by atoms with van der Waals surface area (Å²) in [6.07, 6.45) is -3.10. The van der Waals surface area contributed by atoms with Crippen molar-refractivity contribution < 1.29 is 27.4 Å². The summed E-state index contributed by atoms with van der Waals surface area (Å²) in [5.41, 5.74) is -0.298. The van der Waals surface area contributed by atoms with Crippen molar-refractivity contribution in [1.29, 1.82) is 0 Å². The summed E-state index contributed by atoms with van der Waals surface area (Å²) in [6.45, 7) is 1.83. The molecule has 0 saturated heterocycles. The zero-order chi connectivity index (χ0) is 20.2. The van der Waals surface area contributed by atoms with Crippen LogP contribution >= 0.6 is 19.6 Å². The molecule has 11 heteroatoms. The molecule has 27 heavy (non-hydrogen) atoms. The Morgan fingerprint density at radius 3 is 2.63 bits per heavy atom. The molecule has 0 aliphatic rings. The molecule has 2 unspecified atom stereocenters. The van der Waals surface area contributed by atoms with Gasteiger partial charge in [-0.3, -0.25) is 0 Å². The van der Waals surface area contributed by atoms with E-state index < -0.39 is 24.9 Å². The molecule has 0 bridgehead atoms. The highest BCUT2D eigenvalue weighted by atomic mass is 35.5. The molecular formula is C16H17ClF3N3O3P+. The van der Waals surface area contributed by atoms with E-state index in [0.717, 1.165) is 5.56 Å². The lowest BCUT2D eigenvalue weighted by atomic mass is 10.1. The fourth-order valence-corrected chi connectivity index (χ4v) is 3.26. The third-order valence-electron chi connectivity index (χ3n) is 3.82. The molecule has 146 valence electrons. The molecule has 2 aromatic rings. The maximum Gasteiger partial charge on any atom is 0.508 e. The van der Waals surface area contributed by atoms with E-state index in [1.54, 1.807) is 18.2 Å². The summed E-state index contributed by atoms with van der Waals surface area (Å²) in [4.78, 5) is 16.6. The fraction of sp³-hybridized carbons (Fsp3) is 0.375. The van der Waals surface area contributed by atoms with Gasteiger partial charge in [-0.25, -0.2) is 9.97 Å². The number of alkyl halides is 3. The van der Waals surface area contributed by atoms with Crippen LogP contribution < -0.4 is 10.1 Å². The highest BCUT2D eigenvalue weighted by Crippen LogP contribution is 2.35. The Bertz CT molecular complexity index is 836. The van der Waals surface area contributed by atoms with E-state index in [9.17, 15) is 22.6 Å². The van der Waals surface area contributed by atoms with Gasteiger partial charge in [-0.2, -0.15) is 18.1 Å². The molecule has 0 fully saturated rings. The van der Waals surface area contributed by atoms with E-state index in [1.807, 2.05) is 6.92 Å². The van der Waals surface area contributed by atoms with Crippen LogP contribution in [0, 0.1) is 0 Å². The number of halogens is 4. The quantitative estimate of drug-likeness (QED) is 0.485. The van der Waals surface area contributed by atoms with E-state index >= 15 is 0 Å². The van der Waals surface area contributed by atoms with Crippen LogP contribution in [0.1, 0.15) is 24.5 Å². The van der Waals surface area contributed by atoms with Gasteiger partial charge in [0.2, 0.25) is 5.95 Å². The van der Waals surface area contributed by atoms with Crippen LogP contribution in [-0.2, 0) is 17.2 Å². The Hall–Kier alpha value is -1.96. The van der Waals surface area contributed by atoms with Gasteiger partial charge in [-0.05, 0) is 28.7 Å². The zero-order valence-corrected chi connectivity index (χ0v) is 16.1. The second-order valence-corrected chi connectivity index (χ2v) is 7.32. The Labute approximate surface area is 159 Å². The summed E-state index contributed by atoms with van der Waals surface area (Å²) in [6, 6.07) is 5.02. The second-order valence-electron chi connectivity index (χ2n) is 5.62. The highest BCUT2D eigenvalue weighted by molar-refractivity contribution is 7.38. The van der Waals surface area contributed by atoms with Crippen LogP contribution in [-0.4, -0.2) is 27.6 Å². The van der Waals surface area contributed by atoms with E-state index in [-0.39, 0.29) is 11.6 Å². The molecule has 2 atom stereocenters. The van der Waals surface area contributed by atoms with Crippen molar-refractivity contribution in [3.05, 3.63) is 40.7 Å². The number of hydrogen-bond acceptors (Lipinski definition) is 5. The molecule has 2 rings (SSSR count). The van der Waals surface area contributed by atoms with Gasteiger partial charge in [0.25, 0.3) is 0 Å². The average molecular weight is 423 g/mol. The molecular weight excluding hydrogens is 406 g/mol. The first-order valence-corrected chi connectivity index (χ1v) is 9.50. The second kappa shape index (κ2) is 8.82. The molecule has 0 amide bonds. The van der Waals surface area contributed by atoms with Crippen LogP contribution in [0.25, 0.3) is 0 Å². The molecule has 6 nitrogen and oxygen atoms in total. The Kier molecular flexibility index (Phi) is 6.97. The topological polar surface area (TPSA) is 84.3 Å². The van der Waals surface area contributed by atoms with Crippen LogP contribution in [0.4, 0.5) is 24.8 Å². The first-order valence-electron chi connectivity index (χ1n) is 7.84. The lowest BCUT2D eigenvalue weighted by Gasteiger charge is -2.13. The molecule has 1 aromatic carbocycles. The number of anilines is 2. The van der Waals surface area contributed by atoms with Crippen molar-refractivity contribution in [1.82, 2.24) is 9.97 Å². The number of nitrogens with one attached hydrogen (secondary N) is 1. The average Bonchev–Trinajstić information content (AvgIpc) is 2.59. The molecule has 1 heterocycles. The minimum Gasteiger partial charge on any atom is -0.495 e. The van der Waals surface area contributed by atoms with Gasteiger partial charge in [0.05, 0.1) is 12.8 Å². The molecule has 0 spiro atoms. The Morgan fingerprint density at radius 2 is 2.11 bits per heavy atom. The summed E-state index contributed by atoms with van der Waals surface area (Å²) in [5.74, 6) is 0.263. The fourth-order valence-electron chi connectivity index (χ4n) is 2.35. The summed E-state index contributed by atoms with van der Waals surface area (Å²) in [7, 11) is -0.873. The van der Waals surface area contributed by atoms with E-state index in [0.29, 0.717) is 30.5 Å². The van der Waals surface area contributed by atoms with Gasteiger partial charge in [-0.15, -0.1) is 0 Å². The molecule has 0 aliphatic carbocycles. The lowest BCUT2D eigenvalue weighted by molar-refractivity contribution is -0.137. The molecule has 0 saturated carbocycles. The third kappa shape index (κ3) is 5.51. The molecule has 0 aliphatic heterocycles. The number of hydrogen-bond donors (Lipinski definition) is 2. The predicted molar refractivity (Wildman–Crippen MR) is 95.9 cm³/mol. The maximum atomic E-state index is 12.7. The van der Waals surface area contributed by atoms with Crippen LogP contribution in [0.2, 0.25) is 5.15 Å². The lowest BCUT2D eigenvalue weighted by Crippen LogP contribution is -2.09. The van der Waals surface area contributed by atoms with Gasteiger partial charge >= 0.3 is 14.2 Å². The Balaban J connectivity index is 2.24.